The third kappa shape index (κ3) is 2.87. The maximum absolute atomic E-state index is 5.87. The Hall–Kier alpha value is -1.85. The molecule has 1 aliphatic heterocycles. The van der Waals surface area contributed by atoms with Crippen molar-refractivity contribution in [3.05, 3.63) is 40.8 Å². The van der Waals surface area contributed by atoms with Gasteiger partial charge < -0.3 is 15.4 Å². The summed E-state index contributed by atoms with van der Waals surface area (Å²) >= 11 is 5.87. The maximum Gasteiger partial charge on any atom is 0.224 e. The number of rotatable bonds is 3. The van der Waals surface area contributed by atoms with Gasteiger partial charge in [0.15, 0.2) is 11.6 Å². The Morgan fingerprint density at radius 3 is 2.95 bits per heavy atom. The van der Waals surface area contributed by atoms with Crippen molar-refractivity contribution in [2.45, 2.75) is 25.8 Å². The van der Waals surface area contributed by atoms with Crippen LogP contribution in [0.1, 0.15) is 25.0 Å². The number of nitrogens with zero attached hydrogens (tertiary/aromatic N) is 2. The molecule has 0 aliphatic carbocycles. The van der Waals surface area contributed by atoms with E-state index in [1.54, 1.807) is 13.3 Å². The molecule has 1 aliphatic rings. The summed E-state index contributed by atoms with van der Waals surface area (Å²) in [6, 6.07) is 6.35. The van der Waals surface area contributed by atoms with E-state index < -0.39 is 0 Å². The number of hydrogen-bond donors (Lipinski definition) is 2. The second-order valence-electron chi connectivity index (χ2n) is 6.04. The van der Waals surface area contributed by atoms with Crippen LogP contribution in [0.2, 0.25) is 5.28 Å². The van der Waals surface area contributed by atoms with Gasteiger partial charge in [-0.25, -0.2) is 4.98 Å². The minimum atomic E-state index is 0.0959. The van der Waals surface area contributed by atoms with E-state index in [0.717, 1.165) is 18.8 Å². The van der Waals surface area contributed by atoms with Crippen LogP contribution in [0, 0.1) is 0 Å². The molecule has 0 bridgehead atoms. The van der Waals surface area contributed by atoms with Crippen molar-refractivity contribution in [3.8, 4) is 5.75 Å². The van der Waals surface area contributed by atoms with Crippen LogP contribution in [-0.4, -0.2) is 23.6 Å². The summed E-state index contributed by atoms with van der Waals surface area (Å²) in [4.78, 5) is 8.12. The number of fused-ring (bicyclic) bond motifs is 1. The van der Waals surface area contributed by atoms with E-state index in [9.17, 15) is 0 Å². The Bertz CT molecular complexity index is 703. The molecule has 0 saturated carbocycles. The Morgan fingerprint density at radius 1 is 1.36 bits per heavy atom. The van der Waals surface area contributed by atoms with Crippen molar-refractivity contribution < 1.29 is 4.74 Å². The van der Waals surface area contributed by atoms with Crippen molar-refractivity contribution in [1.29, 1.82) is 0 Å². The van der Waals surface area contributed by atoms with E-state index in [4.69, 9.17) is 16.3 Å². The molecular formula is C16H19ClN4O. The van der Waals surface area contributed by atoms with Crippen LogP contribution in [0.15, 0.2) is 24.4 Å². The van der Waals surface area contributed by atoms with Crippen LogP contribution in [0.3, 0.4) is 0 Å². The molecule has 2 aromatic rings. The van der Waals surface area contributed by atoms with Crippen molar-refractivity contribution >= 4 is 23.1 Å². The Kier molecular flexibility index (Phi) is 3.93. The fourth-order valence-electron chi connectivity index (χ4n) is 2.77. The van der Waals surface area contributed by atoms with Gasteiger partial charge in [-0.2, -0.15) is 4.98 Å². The largest absolute Gasteiger partial charge is 0.491 e. The van der Waals surface area contributed by atoms with Gasteiger partial charge in [-0.15, -0.1) is 0 Å². The molecule has 5 nitrogen and oxygen atoms in total. The highest BCUT2D eigenvalue weighted by Crippen LogP contribution is 2.33. The van der Waals surface area contributed by atoms with Crippen molar-refractivity contribution in [1.82, 2.24) is 15.3 Å². The van der Waals surface area contributed by atoms with Crippen molar-refractivity contribution in [2.75, 3.05) is 19.0 Å². The molecule has 116 valence electrons. The van der Waals surface area contributed by atoms with Crippen LogP contribution in [-0.2, 0) is 12.0 Å². The first-order valence-corrected chi connectivity index (χ1v) is 7.55. The highest BCUT2D eigenvalue weighted by molar-refractivity contribution is 6.28. The zero-order valence-corrected chi connectivity index (χ0v) is 13.7. The molecule has 6 heteroatoms. The smallest absolute Gasteiger partial charge is 0.224 e. The lowest BCUT2D eigenvalue weighted by Crippen LogP contribution is -2.38. The summed E-state index contributed by atoms with van der Waals surface area (Å²) in [5.74, 6) is 1.12. The second-order valence-corrected chi connectivity index (χ2v) is 6.38. The molecule has 2 heterocycles. The van der Waals surface area contributed by atoms with Gasteiger partial charge >= 0.3 is 0 Å². The molecule has 1 aromatic heterocycles. The summed E-state index contributed by atoms with van der Waals surface area (Å²) in [5, 5.41) is 6.90. The van der Waals surface area contributed by atoms with Crippen LogP contribution < -0.4 is 15.4 Å². The molecule has 0 atom stereocenters. The number of hydrogen-bond acceptors (Lipinski definition) is 5. The maximum atomic E-state index is 5.87. The minimum absolute atomic E-state index is 0.0959. The van der Waals surface area contributed by atoms with Gasteiger partial charge in [-0.05, 0) is 34.9 Å². The Morgan fingerprint density at radius 2 is 2.18 bits per heavy atom. The van der Waals surface area contributed by atoms with Crippen LogP contribution in [0.25, 0.3) is 0 Å². The van der Waals surface area contributed by atoms with Crippen molar-refractivity contribution in [3.63, 3.8) is 0 Å². The molecule has 0 radical (unpaired) electrons. The number of anilines is 2. The third-order valence-electron chi connectivity index (χ3n) is 3.93. The average Bonchev–Trinajstić information content (AvgIpc) is 2.48. The number of ether oxygens (including phenoxy) is 1. The second kappa shape index (κ2) is 5.74. The van der Waals surface area contributed by atoms with E-state index in [0.29, 0.717) is 11.6 Å². The first-order valence-electron chi connectivity index (χ1n) is 7.17. The van der Waals surface area contributed by atoms with E-state index in [1.165, 1.54) is 11.1 Å². The van der Waals surface area contributed by atoms with Gasteiger partial charge in [-0.3, -0.25) is 0 Å². The molecule has 3 rings (SSSR count). The number of benzene rings is 1. The normalized spacial score (nSPS) is 16.0. The summed E-state index contributed by atoms with van der Waals surface area (Å²) in [6.07, 6.45) is 1.56. The molecule has 0 unspecified atom stereocenters. The lowest BCUT2D eigenvalue weighted by atomic mass is 9.79. The van der Waals surface area contributed by atoms with Gasteiger partial charge in [0.2, 0.25) is 5.28 Å². The van der Waals surface area contributed by atoms with E-state index in [2.05, 4.69) is 46.6 Å². The number of nitrogens with one attached hydrogen (secondary N) is 2. The molecule has 2 N–H and O–H groups in total. The predicted molar refractivity (Wildman–Crippen MR) is 88.1 cm³/mol. The van der Waals surface area contributed by atoms with Crippen LogP contribution >= 0.6 is 11.6 Å². The first-order chi connectivity index (χ1) is 10.5. The SMILES string of the molecule is COc1cnc(Cl)nc1Nc1ccc2c(c1)C(C)(C)CNC2. The summed E-state index contributed by atoms with van der Waals surface area (Å²) in [6.45, 7) is 6.35. The highest BCUT2D eigenvalue weighted by atomic mass is 35.5. The number of halogens is 1. The summed E-state index contributed by atoms with van der Waals surface area (Å²) < 4.78 is 5.27. The van der Waals surface area contributed by atoms with Crippen LogP contribution in [0.4, 0.5) is 11.5 Å². The fraction of sp³-hybridized carbons (Fsp3) is 0.375. The van der Waals surface area contributed by atoms with E-state index in [1.807, 2.05) is 6.07 Å². The Balaban J connectivity index is 1.96. The average molecular weight is 319 g/mol. The van der Waals surface area contributed by atoms with Gasteiger partial charge in [0.05, 0.1) is 13.3 Å². The van der Waals surface area contributed by atoms with Gasteiger partial charge in [0, 0.05) is 24.2 Å². The van der Waals surface area contributed by atoms with Gasteiger partial charge in [0.25, 0.3) is 0 Å². The van der Waals surface area contributed by atoms with Crippen LogP contribution in [0.5, 0.6) is 5.75 Å². The topological polar surface area (TPSA) is 59.1 Å². The molecule has 22 heavy (non-hydrogen) atoms. The first kappa shape index (κ1) is 15.1. The molecule has 0 saturated heterocycles. The standard InChI is InChI=1S/C16H19ClN4O/c1-16(2)9-18-7-10-4-5-11(6-12(10)16)20-14-13(22-3)8-19-15(17)21-14/h4-6,8,18H,7,9H2,1-3H3,(H,19,20,21). The molecule has 0 amide bonds. The van der Waals surface area contributed by atoms with E-state index >= 15 is 0 Å². The van der Waals surface area contributed by atoms with E-state index in [-0.39, 0.29) is 10.7 Å². The number of aromatic nitrogens is 2. The summed E-state index contributed by atoms with van der Waals surface area (Å²) in [5.41, 5.74) is 3.73. The molecule has 1 aromatic carbocycles. The summed E-state index contributed by atoms with van der Waals surface area (Å²) in [7, 11) is 1.58. The lowest BCUT2D eigenvalue weighted by molar-refractivity contribution is 0.413. The molecule has 0 fully saturated rings. The predicted octanol–water partition coefficient (Wildman–Crippen LogP) is 3.26. The Labute approximate surface area is 135 Å². The molecule has 0 spiro atoms. The monoisotopic (exact) mass is 318 g/mol. The molecular weight excluding hydrogens is 300 g/mol. The van der Waals surface area contributed by atoms with Crippen molar-refractivity contribution in [2.24, 2.45) is 0 Å². The zero-order chi connectivity index (χ0) is 15.7. The fourth-order valence-corrected chi connectivity index (χ4v) is 2.90. The highest BCUT2D eigenvalue weighted by Gasteiger charge is 2.27. The van der Waals surface area contributed by atoms with Gasteiger partial charge in [-0.1, -0.05) is 19.9 Å². The minimum Gasteiger partial charge on any atom is -0.491 e. The number of methoxy groups -OCH3 is 1. The zero-order valence-electron chi connectivity index (χ0n) is 12.9. The van der Waals surface area contributed by atoms with Gasteiger partial charge in [0.1, 0.15) is 0 Å². The third-order valence-corrected chi connectivity index (χ3v) is 4.11. The quantitative estimate of drug-likeness (QED) is 0.851. The lowest BCUT2D eigenvalue weighted by Gasteiger charge is -2.33.